The molecule has 5 rings (SSSR count). The predicted octanol–water partition coefficient (Wildman–Crippen LogP) is 3.14. The first-order chi connectivity index (χ1) is 37.0. The molecule has 0 aromatic carbocycles. The van der Waals surface area contributed by atoms with Crippen LogP contribution in [0.5, 0.6) is 0 Å². The molecule has 0 saturated carbocycles. The Balaban J connectivity index is 1.60. The second kappa shape index (κ2) is 31.6. The van der Waals surface area contributed by atoms with Crippen LogP contribution in [0.3, 0.4) is 0 Å². The molecule has 23 heteroatoms. The Hall–Kier alpha value is -2.72. The average molecular weight is 1120 g/mol. The number of hydrogen-bond donors (Lipinski definition) is 7. The molecule has 0 amide bonds. The van der Waals surface area contributed by atoms with Gasteiger partial charge in [-0.1, -0.05) is 92.4 Å². The van der Waals surface area contributed by atoms with E-state index in [2.05, 4.69) is 6.92 Å². The van der Waals surface area contributed by atoms with Gasteiger partial charge in [-0.3, -0.25) is 19.2 Å². The van der Waals surface area contributed by atoms with Crippen LogP contribution in [0.25, 0.3) is 0 Å². The van der Waals surface area contributed by atoms with Crippen LogP contribution in [-0.4, -0.2) is 201 Å². The normalized spacial score (nSPS) is 40.4. The van der Waals surface area contributed by atoms with Gasteiger partial charge in [-0.2, -0.15) is 0 Å². The molecule has 5 fully saturated rings. The summed E-state index contributed by atoms with van der Waals surface area (Å²) in [7, 11) is 0. The molecule has 452 valence electrons. The van der Waals surface area contributed by atoms with Gasteiger partial charge in [0.05, 0.1) is 48.3 Å². The number of rotatable bonds is 16. The third kappa shape index (κ3) is 17.6. The van der Waals surface area contributed by atoms with Crippen LogP contribution in [0.1, 0.15) is 166 Å². The highest BCUT2D eigenvalue weighted by molar-refractivity contribution is 5.73. The number of esters is 4. The second-order valence-electron chi connectivity index (χ2n) is 22.2. The highest BCUT2D eigenvalue weighted by atomic mass is 16.8. The Bertz CT molecular complexity index is 1830. The highest BCUT2D eigenvalue weighted by Gasteiger charge is 2.58. The number of carbonyl (C=O) groups excluding carboxylic acids is 4. The molecular weight excluding hydrogens is 1030 g/mol. The molecule has 5 saturated heterocycles. The SMILES string of the molecule is CCCCCC1CCCCCCCCCC(=O)OC2C(OC3OC(C)C(OC(=O)C(C)CC)C(O)C3O)C(C)OC(OC3C(OC(COC(=O)C(C)CC)C(O)C3O)OC3C(O1)OC(C)C(O)C3O)C2OC(=O)C(C)C(C)O. The summed E-state index contributed by atoms with van der Waals surface area (Å²) in [4.78, 5) is 53.9. The maximum absolute atomic E-state index is 14.1. The molecule has 0 spiro atoms. The molecule has 0 aromatic heterocycles. The van der Waals surface area contributed by atoms with E-state index < -0.39 is 177 Å². The van der Waals surface area contributed by atoms with Crippen molar-refractivity contribution in [2.24, 2.45) is 17.8 Å². The van der Waals surface area contributed by atoms with Crippen molar-refractivity contribution < 1.29 is 112 Å². The Labute approximate surface area is 459 Å². The van der Waals surface area contributed by atoms with Crippen LogP contribution >= 0.6 is 0 Å². The topological polar surface area (TPSA) is 321 Å². The van der Waals surface area contributed by atoms with Crippen molar-refractivity contribution in [2.45, 2.75) is 301 Å². The van der Waals surface area contributed by atoms with Gasteiger partial charge in [0.1, 0.15) is 67.6 Å². The van der Waals surface area contributed by atoms with Crippen molar-refractivity contribution in [1.82, 2.24) is 0 Å². The van der Waals surface area contributed by atoms with Crippen molar-refractivity contribution in [3.05, 3.63) is 0 Å². The molecule has 5 aliphatic rings. The highest BCUT2D eigenvalue weighted by Crippen LogP contribution is 2.38. The molecule has 25 unspecified atom stereocenters. The molecule has 78 heavy (non-hydrogen) atoms. The molecule has 7 N–H and O–H groups in total. The van der Waals surface area contributed by atoms with Crippen LogP contribution in [-0.2, 0) is 76.0 Å². The number of aliphatic hydroxyl groups is 7. The third-order valence-electron chi connectivity index (χ3n) is 16.0. The number of fused-ring (bicyclic) bond motifs is 4. The van der Waals surface area contributed by atoms with E-state index >= 15 is 0 Å². The minimum Gasteiger partial charge on any atom is -0.463 e. The summed E-state index contributed by atoms with van der Waals surface area (Å²) >= 11 is 0. The molecule has 0 aliphatic carbocycles. The van der Waals surface area contributed by atoms with E-state index in [-0.39, 0.29) is 12.5 Å². The van der Waals surface area contributed by atoms with Crippen molar-refractivity contribution in [2.75, 3.05) is 6.61 Å². The lowest BCUT2D eigenvalue weighted by atomic mass is 9.95. The van der Waals surface area contributed by atoms with Gasteiger partial charge in [0.25, 0.3) is 0 Å². The van der Waals surface area contributed by atoms with Crippen LogP contribution in [0.15, 0.2) is 0 Å². The molecule has 2 bridgehead atoms. The molecule has 5 aliphatic heterocycles. The number of hydrogen-bond acceptors (Lipinski definition) is 23. The summed E-state index contributed by atoms with van der Waals surface area (Å²) in [5.41, 5.74) is 0. The summed E-state index contributed by atoms with van der Waals surface area (Å²) < 4.78 is 74.6. The molecule has 0 radical (unpaired) electrons. The first kappa shape index (κ1) is 66.1. The minimum absolute atomic E-state index is 0.0925. The van der Waals surface area contributed by atoms with Gasteiger partial charge < -0.3 is 92.6 Å². The summed E-state index contributed by atoms with van der Waals surface area (Å²) in [6.07, 6.45) is -23.4. The van der Waals surface area contributed by atoms with Gasteiger partial charge in [-0.05, 0) is 66.7 Å². The van der Waals surface area contributed by atoms with Gasteiger partial charge >= 0.3 is 23.9 Å². The van der Waals surface area contributed by atoms with Gasteiger partial charge in [0.2, 0.25) is 0 Å². The standard InChI is InChI=1S/C55H94O23/c1-11-14-20-23-34-24-21-18-16-15-17-19-22-25-36(57)73-47-44(76-52-42(63)41(62)43(32(9)69-52)74-50(65)28(5)13-3)33(10)70-55(48(47)75-51(66)29(6)30(7)56)78-46-40(61)38(59)35(26-67-49(64)27(4)12-2)72-54(46)77-45-39(60)37(58)31(8)68-53(45)71-34/h27-35,37-48,52-56,58-63H,11-26H2,1-10H3. The van der Waals surface area contributed by atoms with Crippen LogP contribution in [0, 0.1) is 17.8 Å². The van der Waals surface area contributed by atoms with Crippen molar-refractivity contribution >= 4 is 23.9 Å². The third-order valence-corrected chi connectivity index (χ3v) is 16.0. The Morgan fingerprint density at radius 3 is 1.77 bits per heavy atom. The lowest BCUT2D eigenvalue weighted by molar-refractivity contribution is -0.399. The Morgan fingerprint density at radius 1 is 0.564 bits per heavy atom. The zero-order valence-electron chi connectivity index (χ0n) is 47.4. The van der Waals surface area contributed by atoms with Crippen LogP contribution in [0.2, 0.25) is 0 Å². The smallest absolute Gasteiger partial charge is 0.311 e. The zero-order valence-corrected chi connectivity index (χ0v) is 47.4. The van der Waals surface area contributed by atoms with Crippen molar-refractivity contribution in [1.29, 1.82) is 0 Å². The maximum atomic E-state index is 14.1. The number of unbranched alkanes of at least 4 members (excludes halogenated alkanes) is 2. The first-order valence-corrected chi connectivity index (χ1v) is 28.8. The van der Waals surface area contributed by atoms with E-state index in [1.54, 1.807) is 34.6 Å². The monoisotopic (exact) mass is 1120 g/mol. The van der Waals surface area contributed by atoms with E-state index in [1.165, 1.54) is 27.7 Å². The second-order valence-corrected chi connectivity index (χ2v) is 22.2. The fraction of sp³-hybridized carbons (Fsp3) is 0.927. The van der Waals surface area contributed by atoms with Gasteiger partial charge in [-0.15, -0.1) is 0 Å². The lowest BCUT2D eigenvalue weighted by Gasteiger charge is -2.50. The summed E-state index contributed by atoms with van der Waals surface area (Å²) in [5.74, 6) is -5.27. The van der Waals surface area contributed by atoms with Crippen LogP contribution in [0.4, 0.5) is 0 Å². The summed E-state index contributed by atoms with van der Waals surface area (Å²) in [6.45, 7) is 15.7. The zero-order chi connectivity index (χ0) is 57.5. The van der Waals surface area contributed by atoms with E-state index in [4.69, 9.17) is 56.8 Å². The fourth-order valence-electron chi connectivity index (χ4n) is 9.99. The number of aliphatic hydroxyl groups excluding tert-OH is 7. The quantitative estimate of drug-likeness (QED) is 0.0663. The summed E-state index contributed by atoms with van der Waals surface area (Å²) in [5, 5.41) is 80.5. The Kier molecular flexibility index (Phi) is 26.8. The van der Waals surface area contributed by atoms with Crippen LogP contribution < -0.4 is 0 Å². The van der Waals surface area contributed by atoms with E-state index in [0.29, 0.717) is 38.5 Å². The van der Waals surface area contributed by atoms with E-state index in [0.717, 1.165) is 51.4 Å². The minimum atomic E-state index is -2.01. The molecule has 25 atom stereocenters. The maximum Gasteiger partial charge on any atom is 0.311 e. The van der Waals surface area contributed by atoms with E-state index in [9.17, 15) is 54.9 Å². The molecule has 0 aromatic rings. The fourth-order valence-corrected chi connectivity index (χ4v) is 9.99. The number of carbonyl (C=O) groups is 4. The van der Waals surface area contributed by atoms with Crippen molar-refractivity contribution in [3.63, 3.8) is 0 Å². The van der Waals surface area contributed by atoms with Gasteiger partial charge in [-0.25, -0.2) is 0 Å². The predicted molar refractivity (Wildman–Crippen MR) is 273 cm³/mol. The molecule has 23 nitrogen and oxygen atoms in total. The number of ether oxygens (including phenoxy) is 12. The summed E-state index contributed by atoms with van der Waals surface area (Å²) in [6, 6.07) is 0. The lowest BCUT2D eigenvalue weighted by Crippen LogP contribution is -2.68. The molecule has 5 heterocycles. The molecular formula is C55H94O23. The average Bonchev–Trinajstić information content (AvgIpc) is 3.43. The Morgan fingerprint density at radius 2 is 1.13 bits per heavy atom. The van der Waals surface area contributed by atoms with Crippen molar-refractivity contribution in [3.8, 4) is 0 Å². The van der Waals surface area contributed by atoms with Gasteiger partial charge in [0, 0.05) is 6.42 Å². The largest absolute Gasteiger partial charge is 0.463 e. The first-order valence-electron chi connectivity index (χ1n) is 28.8. The van der Waals surface area contributed by atoms with E-state index in [1.807, 2.05) is 0 Å². The van der Waals surface area contributed by atoms with Gasteiger partial charge in [0.15, 0.2) is 43.5 Å².